The molecule has 10 heavy (non-hydrogen) atoms. The Morgan fingerprint density at radius 1 is 1.10 bits per heavy atom. The van der Waals surface area contributed by atoms with Crippen LogP contribution in [0.4, 0.5) is 0 Å². The average Bonchev–Trinajstić information content (AvgIpc) is 1.87. The standard InChI is InChI=1S/C4H10BCl2NO2/c6-1-3-8(4-2-7)5(9)10/h9-10H,1-4H2. The highest BCUT2D eigenvalue weighted by Gasteiger charge is 2.17. The Labute approximate surface area is 70.7 Å². The van der Waals surface area contributed by atoms with Crippen molar-refractivity contribution in [3.05, 3.63) is 0 Å². The highest BCUT2D eigenvalue weighted by molar-refractivity contribution is 6.37. The van der Waals surface area contributed by atoms with Crippen LogP contribution in [0.3, 0.4) is 0 Å². The molecule has 0 bridgehead atoms. The van der Waals surface area contributed by atoms with E-state index in [1.807, 2.05) is 0 Å². The first-order valence-electron chi connectivity index (χ1n) is 2.94. The summed E-state index contributed by atoms with van der Waals surface area (Å²) in [5.41, 5.74) is 0. The minimum atomic E-state index is -1.45. The van der Waals surface area contributed by atoms with Crippen LogP contribution in [0.2, 0.25) is 0 Å². The highest BCUT2D eigenvalue weighted by Crippen LogP contribution is 1.91. The molecule has 0 heterocycles. The summed E-state index contributed by atoms with van der Waals surface area (Å²) in [4.78, 5) is 1.38. The number of halogens is 2. The number of alkyl halides is 2. The molecule has 3 nitrogen and oxygen atoms in total. The lowest BCUT2D eigenvalue weighted by molar-refractivity contribution is 0.286. The summed E-state index contributed by atoms with van der Waals surface area (Å²) in [5.74, 6) is 0.739. The Morgan fingerprint density at radius 3 is 1.70 bits per heavy atom. The molecule has 0 aliphatic rings. The Bertz CT molecular complexity index is 79.7. The van der Waals surface area contributed by atoms with Crippen molar-refractivity contribution < 1.29 is 10.0 Å². The number of nitrogens with zero attached hydrogens (tertiary/aromatic N) is 1. The van der Waals surface area contributed by atoms with Gasteiger partial charge in [-0.2, -0.15) is 0 Å². The SMILES string of the molecule is OB(O)N(CCCl)CCCl. The van der Waals surface area contributed by atoms with E-state index in [1.54, 1.807) is 0 Å². The second kappa shape index (κ2) is 6.25. The van der Waals surface area contributed by atoms with E-state index in [9.17, 15) is 0 Å². The summed E-state index contributed by atoms with van der Waals surface area (Å²) >= 11 is 10.7. The number of hydrogen-bond acceptors (Lipinski definition) is 3. The first-order chi connectivity index (χ1) is 4.72. The maximum Gasteiger partial charge on any atom is 0.552 e. The van der Waals surface area contributed by atoms with Gasteiger partial charge < -0.3 is 10.0 Å². The molecule has 0 saturated heterocycles. The molecule has 0 aliphatic carbocycles. The molecule has 0 aliphatic heterocycles. The van der Waals surface area contributed by atoms with E-state index in [1.165, 1.54) is 4.81 Å². The van der Waals surface area contributed by atoms with Crippen molar-refractivity contribution in [1.29, 1.82) is 0 Å². The fourth-order valence-corrected chi connectivity index (χ4v) is 0.994. The second-order valence-corrected chi connectivity index (χ2v) is 2.52. The van der Waals surface area contributed by atoms with Gasteiger partial charge in [0.15, 0.2) is 0 Å². The molecule has 0 unspecified atom stereocenters. The molecule has 6 heteroatoms. The molecule has 0 rings (SSSR count). The zero-order valence-electron chi connectivity index (χ0n) is 5.50. The second-order valence-electron chi connectivity index (χ2n) is 1.76. The summed E-state index contributed by atoms with van der Waals surface area (Å²) in [6.45, 7) is 0.873. The van der Waals surface area contributed by atoms with Gasteiger partial charge in [0.25, 0.3) is 0 Å². The maximum absolute atomic E-state index is 8.64. The lowest BCUT2D eigenvalue weighted by Crippen LogP contribution is -2.42. The van der Waals surface area contributed by atoms with E-state index in [4.69, 9.17) is 33.2 Å². The fraction of sp³-hybridized carbons (Fsp3) is 1.00. The predicted octanol–water partition coefficient (Wildman–Crippen LogP) is -0.265. The smallest absolute Gasteiger partial charge is 0.413 e. The lowest BCUT2D eigenvalue weighted by Gasteiger charge is -2.17. The van der Waals surface area contributed by atoms with Gasteiger partial charge in [-0.1, -0.05) is 0 Å². The third-order valence-electron chi connectivity index (χ3n) is 1.07. The zero-order valence-corrected chi connectivity index (χ0v) is 7.02. The lowest BCUT2D eigenvalue weighted by atomic mass is 10.1. The van der Waals surface area contributed by atoms with Crippen molar-refractivity contribution in [3.63, 3.8) is 0 Å². The molecule has 0 radical (unpaired) electrons. The van der Waals surface area contributed by atoms with Gasteiger partial charge in [-0.15, -0.1) is 23.2 Å². The zero-order chi connectivity index (χ0) is 7.98. The molecule has 2 N–H and O–H groups in total. The molecule has 0 aromatic carbocycles. The normalized spacial score (nSPS) is 10.5. The van der Waals surface area contributed by atoms with Gasteiger partial charge in [-0.05, 0) is 0 Å². The van der Waals surface area contributed by atoms with Crippen molar-refractivity contribution in [2.45, 2.75) is 0 Å². The van der Waals surface area contributed by atoms with E-state index in [0.29, 0.717) is 24.8 Å². The molecule has 60 valence electrons. The summed E-state index contributed by atoms with van der Waals surface area (Å²) < 4.78 is 0. The van der Waals surface area contributed by atoms with Gasteiger partial charge in [-0.3, -0.25) is 4.81 Å². The maximum atomic E-state index is 8.64. The fourth-order valence-electron chi connectivity index (χ4n) is 0.560. The van der Waals surface area contributed by atoms with Crippen molar-refractivity contribution in [2.75, 3.05) is 24.8 Å². The molecule has 0 amide bonds. The van der Waals surface area contributed by atoms with Gasteiger partial charge >= 0.3 is 7.25 Å². The van der Waals surface area contributed by atoms with Gasteiger partial charge in [0, 0.05) is 24.8 Å². The first kappa shape index (κ1) is 10.5. The molecular weight excluding hydrogens is 176 g/mol. The topological polar surface area (TPSA) is 43.7 Å². The minimum absolute atomic E-state index is 0.370. The van der Waals surface area contributed by atoms with Crippen LogP contribution in [-0.4, -0.2) is 47.0 Å². The third kappa shape index (κ3) is 4.36. The summed E-state index contributed by atoms with van der Waals surface area (Å²) in [7, 11) is -1.45. The van der Waals surface area contributed by atoms with Crippen molar-refractivity contribution in [3.8, 4) is 0 Å². The van der Waals surface area contributed by atoms with E-state index in [2.05, 4.69) is 0 Å². The van der Waals surface area contributed by atoms with E-state index in [0.717, 1.165) is 0 Å². The van der Waals surface area contributed by atoms with Crippen LogP contribution in [0.15, 0.2) is 0 Å². The average molecular weight is 186 g/mol. The quantitative estimate of drug-likeness (QED) is 0.458. The summed E-state index contributed by atoms with van der Waals surface area (Å²) in [6, 6.07) is 0. The van der Waals surface area contributed by atoms with Crippen LogP contribution < -0.4 is 0 Å². The molecule has 0 aromatic rings. The molecular formula is C4H10BCl2NO2. The van der Waals surface area contributed by atoms with Crippen LogP contribution in [0.1, 0.15) is 0 Å². The van der Waals surface area contributed by atoms with Gasteiger partial charge in [-0.25, -0.2) is 0 Å². The minimum Gasteiger partial charge on any atom is -0.413 e. The van der Waals surface area contributed by atoms with E-state index >= 15 is 0 Å². The van der Waals surface area contributed by atoms with Crippen LogP contribution in [0.5, 0.6) is 0 Å². The first-order valence-corrected chi connectivity index (χ1v) is 4.01. The molecule has 0 spiro atoms. The van der Waals surface area contributed by atoms with Gasteiger partial charge in [0.2, 0.25) is 0 Å². The van der Waals surface area contributed by atoms with Crippen LogP contribution in [-0.2, 0) is 0 Å². The van der Waals surface area contributed by atoms with Crippen molar-refractivity contribution >= 4 is 30.5 Å². The largest absolute Gasteiger partial charge is 0.552 e. The van der Waals surface area contributed by atoms with Crippen LogP contribution >= 0.6 is 23.2 Å². The summed E-state index contributed by atoms with van der Waals surface area (Å²) in [5, 5.41) is 17.3. The third-order valence-corrected chi connectivity index (χ3v) is 1.41. The predicted molar refractivity (Wildman–Crippen MR) is 43.2 cm³/mol. The molecule has 0 aromatic heterocycles. The van der Waals surface area contributed by atoms with Crippen molar-refractivity contribution in [2.24, 2.45) is 0 Å². The molecule has 0 saturated carbocycles. The Morgan fingerprint density at radius 2 is 1.50 bits per heavy atom. The van der Waals surface area contributed by atoms with Crippen LogP contribution in [0.25, 0.3) is 0 Å². The van der Waals surface area contributed by atoms with Crippen LogP contribution in [0, 0.1) is 0 Å². The van der Waals surface area contributed by atoms with Gasteiger partial charge in [0.1, 0.15) is 0 Å². The number of hydrogen-bond donors (Lipinski definition) is 2. The van der Waals surface area contributed by atoms with Crippen molar-refractivity contribution in [1.82, 2.24) is 4.81 Å². The monoisotopic (exact) mass is 185 g/mol. The van der Waals surface area contributed by atoms with Gasteiger partial charge in [0.05, 0.1) is 0 Å². The number of rotatable bonds is 5. The Balaban J connectivity index is 3.50. The molecule has 0 atom stereocenters. The highest BCUT2D eigenvalue weighted by atomic mass is 35.5. The van der Waals surface area contributed by atoms with E-state index < -0.39 is 7.25 Å². The Kier molecular flexibility index (Phi) is 6.58. The van der Waals surface area contributed by atoms with E-state index in [-0.39, 0.29) is 0 Å². The Hall–Kier alpha value is 0.525. The summed E-state index contributed by atoms with van der Waals surface area (Å²) in [6.07, 6.45) is 0. The molecule has 0 fully saturated rings.